The molecule has 0 heterocycles. The zero-order chi connectivity index (χ0) is 15.5. The first-order chi connectivity index (χ1) is 9.91. The van der Waals surface area contributed by atoms with Gasteiger partial charge in [0.1, 0.15) is 6.07 Å². The Morgan fingerprint density at radius 1 is 1.05 bits per heavy atom. The third kappa shape index (κ3) is 3.54. The molecular weight excluding hydrogens is 277 g/mol. The fraction of sp³-hybridized carbons (Fsp3) is 0.188. The average Bonchev–Trinajstić information content (AvgIpc) is 2.47. The minimum atomic E-state index is -4.33. The Balaban J connectivity index is 2.17. The summed E-state index contributed by atoms with van der Waals surface area (Å²) >= 11 is 0. The second-order valence-corrected chi connectivity index (χ2v) is 4.64. The lowest BCUT2D eigenvalue weighted by Crippen LogP contribution is -2.09. The number of alkyl halides is 3. The summed E-state index contributed by atoms with van der Waals surface area (Å²) in [6.45, 7) is 1.83. The molecule has 1 N–H and O–H groups in total. The SMILES string of the molecule is CC(Nc1ccccc1C#N)c1ccc(C(F)(F)F)cc1. The first-order valence-electron chi connectivity index (χ1n) is 6.34. The van der Waals surface area contributed by atoms with Crippen LogP contribution in [0.15, 0.2) is 48.5 Å². The molecule has 0 spiro atoms. The summed E-state index contributed by atoms with van der Waals surface area (Å²) in [6.07, 6.45) is -4.33. The van der Waals surface area contributed by atoms with Crippen molar-refractivity contribution in [3.63, 3.8) is 0 Å². The molecule has 1 unspecified atom stereocenters. The van der Waals surface area contributed by atoms with Gasteiger partial charge in [-0.05, 0) is 36.8 Å². The van der Waals surface area contributed by atoms with Crippen LogP contribution in [-0.2, 0) is 6.18 Å². The van der Waals surface area contributed by atoms with Crippen LogP contribution in [0.4, 0.5) is 18.9 Å². The highest BCUT2D eigenvalue weighted by atomic mass is 19.4. The smallest absolute Gasteiger partial charge is 0.377 e. The lowest BCUT2D eigenvalue weighted by atomic mass is 10.0. The zero-order valence-electron chi connectivity index (χ0n) is 11.3. The van der Waals surface area contributed by atoms with E-state index in [0.29, 0.717) is 11.3 Å². The first-order valence-corrected chi connectivity index (χ1v) is 6.34. The Hall–Kier alpha value is -2.48. The van der Waals surface area contributed by atoms with Crippen molar-refractivity contribution < 1.29 is 13.2 Å². The van der Waals surface area contributed by atoms with Gasteiger partial charge < -0.3 is 5.32 Å². The Morgan fingerprint density at radius 2 is 1.67 bits per heavy atom. The predicted molar refractivity (Wildman–Crippen MR) is 74.6 cm³/mol. The number of benzene rings is 2. The Bertz CT molecular complexity index is 654. The van der Waals surface area contributed by atoms with Crippen molar-refractivity contribution in [1.29, 1.82) is 5.26 Å². The predicted octanol–water partition coefficient (Wildman–Crippen LogP) is 4.75. The summed E-state index contributed by atoms with van der Waals surface area (Å²) in [5.41, 5.74) is 1.20. The molecular formula is C16H13F3N2. The standard InChI is InChI=1S/C16H13F3N2/c1-11(21-15-5-3-2-4-13(15)10-20)12-6-8-14(9-7-12)16(17,18)19/h2-9,11,21H,1H3. The Kier molecular flexibility index (Phi) is 4.18. The lowest BCUT2D eigenvalue weighted by molar-refractivity contribution is -0.137. The van der Waals surface area contributed by atoms with Gasteiger partial charge >= 0.3 is 6.18 Å². The van der Waals surface area contributed by atoms with Crippen LogP contribution < -0.4 is 5.32 Å². The largest absolute Gasteiger partial charge is 0.416 e. The first kappa shape index (κ1) is 14.9. The quantitative estimate of drug-likeness (QED) is 0.885. The molecule has 0 saturated heterocycles. The molecule has 0 fully saturated rings. The normalized spacial score (nSPS) is 12.5. The van der Waals surface area contributed by atoms with E-state index in [1.54, 1.807) is 24.3 Å². The summed E-state index contributed by atoms with van der Waals surface area (Å²) in [5.74, 6) is 0. The van der Waals surface area contributed by atoms with Crippen molar-refractivity contribution in [1.82, 2.24) is 0 Å². The Labute approximate surface area is 120 Å². The molecule has 0 aromatic heterocycles. The van der Waals surface area contributed by atoms with Gasteiger partial charge in [-0.25, -0.2) is 0 Å². The number of para-hydroxylation sites is 1. The van der Waals surface area contributed by atoms with Crippen LogP contribution >= 0.6 is 0 Å². The highest BCUT2D eigenvalue weighted by Crippen LogP contribution is 2.30. The number of rotatable bonds is 3. The van der Waals surface area contributed by atoms with Crippen LogP contribution in [0.1, 0.15) is 29.7 Å². The van der Waals surface area contributed by atoms with Gasteiger partial charge in [0, 0.05) is 6.04 Å². The van der Waals surface area contributed by atoms with Crippen LogP contribution in [0.25, 0.3) is 0 Å². The number of anilines is 1. The molecule has 0 saturated carbocycles. The topological polar surface area (TPSA) is 35.8 Å². The molecule has 2 rings (SSSR count). The fourth-order valence-electron chi connectivity index (χ4n) is 1.98. The number of nitrogens with one attached hydrogen (secondary N) is 1. The third-order valence-electron chi connectivity index (χ3n) is 3.16. The highest BCUT2D eigenvalue weighted by Gasteiger charge is 2.30. The van der Waals surface area contributed by atoms with Gasteiger partial charge in [-0.2, -0.15) is 18.4 Å². The maximum atomic E-state index is 12.5. The van der Waals surface area contributed by atoms with Gasteiger partial charge in [0.05, 0.1) is 16.8 Å². The molecule has 5 heteroatoms. The third-order valence-corrected chi connectivity index (χ3v) is 3.16. The van der Waals surface area contributed by atoms with Gasteiger partial charge in [-0.1, -0.05) is 24.3 Å². The van der Waals surface area contributed by atoms with E-state index in [2.05, 4.69) is 11.4 Å². The molecule has 0 aliphatic carbocycles. The van der Waals surface area contributed by atoms with Crippen LogP contribution in [-0.4, -0.2) is 0 Å². The maximum Gasteiger partial charge on any atom is 0.416 e. The summed E-state index contributed by atoms with van der Waals surface area (Å²) in [5, 5.41) is 12.1. The zero-order valence-corrected chi connectivity index (χ0v) is 11.3. The molecule has 0 amide bonds. The molecule has 1 atom stereocenters. The van der Waals surface area contributed by atoms with E-state index in [0.717, 1.165) is 17.7 Å². The molecule has 2 nitrogen and oxygen atoms in total. The monoisotopic (exact) mass is 290 g/mol. The van der Waals surface area contributed by atoms with Crippen molar-refractivity contribution in [3.8, 4) is 6.07 Å². The second kappa shape index (κ2) is 5.88. The van der Waals surface area contributed by atoms with Crippen molar-refractivity contribution >= 4 is 5.69 Å². The maximum absolute atomic E-state index is 12.5. The fourth-order valence-corrected chi connectivity index (χ4v) is 1.98. The van der Waals surface area contributed by atoms with E-state index < -0.39 is 11.7 Å². The van der Waals surface area contributed by atoms with E-state index in [-0.39, 0.29) is 6.04 Å². The highest BCUT2D eigenvalue weighted by molar-refractivity contribution is 5.58. The number of nitriles is 1. The minimum absolute atomic E-state index is 0.207. The van der Waals surface area contributed by atoms with Crippen LogP contribution in [0.2, 0.25) is 0 Å². The van der Waals surface area contributed by atoms with Gasteiger partial charge in [0.2, 0.25) is 0 Å². The summed E-state index contributed by atoms with van der Waals surface area (Å²) < 4.78 is 37.5. The van der Waals surface area contributed by atoms with Gasteiger partial charge in [0.15, 0.2) is 0 Å². The summed E-state index contributed by atoms with van der Waals surface area (Å²) in [7, 11) is 0. The molecule has 0 aliphatic heterocycles. The number of hydrogen-bond donors (Lipinski definition) is 1. The average molecular weight is 290 g/mol. The van der Waals surface area contributed by atoms with Crippen molar-refractivity contribution in [2.45, 2.75) is 19.1 Å². The lowest BCUT2D eigenvalue weighted by Gasteiger charge is -2.17. The number of halogens is 3. The molecule has 0 radical (unpaired) electrons. The molecule has 0 aliphatic rings. The van der Waals surface area contributed by atoms with Crippen molar-refractivity contribution in [3.05, 3.63) is 65.2 Å². The van der Waals surface area contributed by atoms with E-state index in [1.165, 1.54) is 12.1 Å². The van der Waals surface area contributed by atoms with Crippen LogP contribution in [0.3, 0.4) is 0 Å². The molecule has 2 aromatic carbocycles. The molecule has 108 valence electrons. The van der Waals surface area contributed by atoms with E-state index in [4.69, 9.17) is 5.26 Å². The van der Waals surface area contributed by atoms with Crippen molar-refractivity contribution in [2.24, 2.45) is 0 Å². The van der Waals surface area contributed by atoms with E-state index in [9.17, 15) is 13.2 Å². The van der Waals surface area contributed by atoms with Crippen molar-refractivity contribution in [2.75, 3.05) is 5.32 Å². The van der Waals surface area contributed by atoms with Gasteiger partial charge in [-0.15, -0.1) is 0 Å². The van der Waals surface area contributed by atoms with E-state index in [1.807, 2.05) is 6.92 Å². The number of nitrogens with zero attached hydrogens (tertiary/aromatic N) is 1. The summed E-state index contributed by atoms with van der Waals surface area (Å²) in [4.78, 5) is 0. The summed E-state index contributed by atoms with van der Waals surface area (Å²) in [6, 6.07) is 13.9. The molecule has 21 heavy (non-hydrogen) atoms. The minimum Gasteiger partial charge on any atom is -0.377 e. The van der Waals surface area contributed by atoms with Gasteiger partial charge in [0.25, 0.3) is 0 Å². The van der Waals surface area contributed by atoms with E-state index >= 15 is 0 Å². The molecule has 0 bridgehead atoms. The molecule has 2 aromatic rings. The van der Waals surface area contributed by atoms with Crippen LogP contribution in [0, 0.1) is 11.3 Å². The Morgan fingerprint density at radius 3 is 2.24 bits per heavy atom. The second-order valence-electron chi connectivity index (χ2n) is 4.64. The number of hydrogen-bond acceptors (Lipinski definition) is 2. The van der Waals surface area contributed by atoms with Crippen LogP contribution in [0.5, 0.6) is 0 Å². The van der Waals surface area contributed by atoms with Gasteiger partial charge in [-0.3, -0.25) is 0 Å².